The third-order valence-electron chi connectivity index (χ3n) is 3.74. The van der Waals surface area contributed by atoms with Gasteiger partial charge in [-0.15, -0.1) is 0 Å². The minimum Gasteiger partial charge on any atom is -0.504 e. The molecule has 2 unspecified atom stereocenters. The first-order valence-electron chi connectivity index (χ1n) is 6.88. The van der Waals surface area contributed by atoms with E-state index in [2.05, 4.69) is 4.90 Å². The Labute approximate surface area is 114 Å². The highest BCUT2D eigenvalue weighted by molar-refractivity contribution is 5.41. The van der Waals surface area contributed by atoms with Crippen LogP contribution in [-0.2, 0) is 6.54 Å². The number of methoxy groups -OCH3 is 1. The summed E-state index contributed by atoms with van der Waals surface area (Å²) >= 11 is 0. The molecule has 1 aliphatic heterocycles. The second kappa shape index (κ2) is 6.26. The van der Waals surface area contributed by atoms with Gasteiger partial charge in [0.05, 0.1) is 13.2 Å². The number of likely N-dealkylation sites (tertiary alicyclic amines) is 1. The Morgan fingerprint density at radius 2 is 2.26 bits per heavy atom. The average molecular weight is 265 g/mol. The Kier molecular flexibility index (Phi) is 4.66. The lowest BCUT2D eigenvalue weighted by atomic mass is 10.1. The first-order valence-corrected chi connectivity index (χ1v) is 6.88. The normalized spacial score (nSPS) is 21.5. The van der Waals surface area contributed by atoms with Gasteiger partial charge in [-0.3, -0.25) is 4.90 Å². The quantitative estimate of drug-likeness (QED) is 0.856. The fourth-order valence-corrected chi connectivity index (χ4v) is 2.83. The molecule has 106 valence electrons. The number of phenolic OH excluding ortho intramolecular Hbond substituents is 1. The number of aromatic hydroxyl groups is 1. The highest BCUT2D eigenvalue weighted by Gasteiger charge is 2.25. The molecule has 0 spiro atoms. The van der Waals surface area contributed by atoms with Crippen LogP contribution in [0.5, 0.6) is 11.5 Å². The summed E-state index contributed by atoms with van der Waals surface area (Å²) in [4.78, 5) is 2.38. The van der Waals surface area contributed by atoms with Crippen LogP contribution in [0.25, 0.3) is 0 Å². The van der Waals surface area contributed by atoms with Gasteiger partial charge < -0.3 is 14.9 Å². The highest BCUT2D eigenvalue weighted by Crippen LogP contribution is 2.29. The summed E-state index contributed by atoms with van der Waals surface area (Å²) in [7, 11) is 1.55. The molecule has 0 aliphatic carbocycles. The lowest BCUT2D eigenvalue weighted by Gasteiger charge is -2.25. The van der Waals surface area contributed by atoms with Crippen molar-refractivity contribution in [2.75, 3.05) is 13.7 Å². The summed E-state index contributed by atoms with van der Waals surface area (Å²) in [5.41, 5.74) is 1.08. The van der Waals surface area contributed by atoms with Crippen LogP contribution in [0.4, 0.5) is 0 Å². The Balaban J connectivity index is 2.01. The predicted octanol–water partition coefficient (Wildman–Crippen LogP) is 2.14. The molecule has 2 N–H and O–H groups in total. The summed E-state index contributed by atoms with van der Waals surface area (Å²) in [5, 5.41) is 19.3. The zero-order chi connectivity index (χ0) is 13.8. The van der Waals surface area contributed by atoms with E-state index in [9.17, 15) is 10.2 Å². The summed E-state index contributed by atoms with van der Waals surface area (Å²) < 4.78 is 5.05. The molecule has 2 atom stereocenters. The van der Waals surface area contributed by atoms with Crippen LogP contribution in [0, 0.1) is 0 Å². The van der Waals surface area contributed by atoms with Crippen molar-refractivity contribution in [3.05, 3.63) is 23.8 Å². The van der Waals surface area contributed by atoms with E-state index in [1.807, 2.05) is 13.0 Å². The smallest absolute Gasteiger partial charge is 0.160 e. The maximum atomic E-state index is 9.79. The Hall–Kier alpha value is -1.26. The molecule has 0 radical (unpaired) electrons. The van der Waals surface area contributed by atoms with Crippen LogP contribution in [0.2, 0.25) is 0 Å². The van der Waals surface area contributed by atoms with Crippen molar-refractivity contribution in [3.8, 4) is 11.5 Å². The van der Waals surface area contributed by atoms with Crippen molar-refractivity contribution in [3.63, 3.8) is 0 Å². The largest absolute Gasteiger partial charge is 0.504 e. The van der Waals surface area contributed by atoms with Crippen LogP contribution in [0.1, 0.15) is 31.7 Å². The van der Waals surface area contributed by atoms with Crippen LogP contribution in [-0.4, -0.2) is 40.9 Å². The maximum Gasteiger partial charge on any atom is 0.160 e. The SMILES string of the molecule is COc1ccc(CN2CCCC2CC(C)O)cc1O. The third-order valence-corrected chi connectivity index (χ3v) is 3.74. The first kappa shape index (κ1) is 14.2. The Morgan fingerprint density at radius 1 is 1.47 bits per heavy atom. The van der Waals surface area contributed by atoms with Crippen molar-refractivity contribution in [1.82, 2.24) is 4.90 Å². The number of hydrogen-bond donors (Lipinski definition) is 2. The lowest BCUT2D eigenvalue weighted by Crippen LogP contribution is -2.31. The molecule has 0 saturated carbocycles. The molecule has 0 amide bonds. The molecule has 4 heteroatoms. The van der Waals surface area contributed by atoms with E-state index in [0.717, 1.165) is 31.5 Å². The molecule has 1 aromatic carbocycles. The number of ether oxygens (including phenoxy) is 1. The zero-order valence-corrected chi connectivity index (χ0v) is 11.7. The fourth-order valence-electron chi connectivity index (χ4n) is 2.83. The minimum absolute atomic E-state index is 0.186. The molecular weight excluding hydrogens is 242 g/mol. The predicted molar refractivity (Wildman–Crippen MR) is 74.4 cm³/mol. The minimum atomic E-state index is -0.255. The van der Waals surface area contributed by atoms with Gasteiger partial charge in [0.1, 0.15) is 0 Å². The molecular formula is C15H23NO3. The van der Waals surface area contributed by atoms with Crippen molar-refractivity contribution < 1.29 is 14.9 Å². The lowest BCUT2D eigenvalue weighted by molar-refractivity contribution is 0.130. The molecule has 1 fully saturated rings. The van der Waals surface area contributed by atoms with Gasteiger partial charge in [-0.05, 0) is 50.4 Å². The van der Waals surface area contributed by atoms with E-state index >= 15 is 0 Å². The van der Waals surface area contributed by atoms with Gasteiger partial charge in [0.25, 0.3) is 0 Å². The average Bonchev–Trinajstić information content (AvgIpc) is 2.76. The molecule has 1 heterocycles. The topological polar surface area (TPSA) is 52.9 Å². The second-order valence-corrected chi connectivity index (χ2v) is 5.36. The van der Waals surface area contributed by atoms with Gasteiger partial charge >= 0.3 is 0 Å². The summed E-state index contributed by atoms with van der Waals surface area (Å²) in [6, 6.07) is 5.99. The summed E-state index contributed by atoms with van der Waals surface area (Å²) in [6.07, 6.45) is 2.89. The molecule has 0 bridgehead atoms. The first-order chi connectivity index (χ1) is 9.10. The zero-order valence-electron chi connectivity index (χ0n) is 11.7. The molecule has 1 aliphatic rings. The van der Waals surface area contributed by atoms with Gasteiger partial charge in [-0.25, -0.2) is 0 Å². The van der Waals surface area contributed by atoms with Crippen molar-refractivity contribution in [2.45, 2.75) is 44.9 Å². The monoisotopic (exact) mass is 265 g/mol. The number of aliphatic hydroxyl groups excluding tert-OH is 1. The van der Waals surface area contributed by atoms with Gasteiger partial charge in [-0.2, -0.15) is 0 Å². The number of hydrogen-bond acceptors (Lipinski definition) is 4. The van der Waals surface area contributed by atoms with E-state index in [1.54, 1.807) is 19.2 Å². The Morgan fingerprint density at radius 3 is 2.89 bits per heavy atom. The number of rotatable bonds is 5. The molecule has 4 nitrogen and oxygen atoms in total. The maximum absolute atomic E-state index is 9.79. The standard InChI is InChI=1S/C15H23NO3/c1-11(17)8-13-4-3-7-16(13)10-12-5-6-15(19-2)14(18)9-12/h5-6,9,11,13,17-18H,3-4,7-8,10H2,1-2H3. The molecule has 1 saturated heterocycles. The van der Waals surface area contributed by atoms with Gasteiger partial charge in [-0.1, -0.05) is 6.07 Å². The van der Waals surface area contributed by atoms with E-state index < -0.39 is 0 Å². The van der Waals surface area contributed by atoms with Crippen molar-refractivity contribution >= 4 is 0 Å². The molecule has 1 aromatic rings. The van der Waals surface area contributed by atoms with Crippen LogP contribution >= 0.6 is 0 Å². The number of nitrogens with zero attached hydrogens (tertiary/aromatic N) is 1. The number of aliphatic hydroxyl groups is 1. The number of phenols is 1. The van der Waals surface area contributed by atoms with E-state index in [4.69, 9.17) is 4.74 Å². The molecule has 19 heavy (non-hydrogen) atoms. The number of benzene rings is 1. The Bertz CT molecular complexity index is 420. The van der Waals surface area contributed by atoms with Crippen LogP contribution in [0.3, 0.4) is 0 Å². The van der Waals surface area contributed by atoms with Gasteiger partial charge in [0.15, 0.2) is 11.5 Å². The van der Waals surface area contributed by atoms with Crippen LogP contribution in [0.15, 0.2) is 18.2 Å². The van der Waals surface area contributed by atoms with E-state index in [0.29, 0.717) is 11.8 Å². The van der Waals surface area contributed by atoms with Gasteiger partial charge in [0, 0.05) is 12.6 Å². The van der Waals surface area contributed by atoms with Crippen LogP contribution < -0.4 is 4.74 Å². The third kappa shape index (κ3) is 3.61. The molecule has 2 rings (SSSR count). The summed E-state index contributed by atoms with van der Waals surface area (Å²) in [6.45, 7) is 3.72. The summed E-state index contributed by atoms with van der Waals surface area (Å²) in [5.74, 6) is 0.692. The van der Waals surface area contributed by atoms with E-state index in [-0.39, 0.29) is 11.9 Å². The highest BCUT2D eigenvalue weighted by atomic mass is 16.5. The van der Waals surface area contributed by atoms with E-state index in [1.165, 1.54) is 6.42 Å². The van der Waals surface area contributed by atoms with Crippen molar-refractivity contribution in [1.29, 1.82) is 0 Å². The fraction of sp³-hybridized carbons (Fsp3) is 0.600. The molecule has 0 aromatic heterocycles. The van der Waals surface area contributed by atoms with Crippen molar-refractivity contribution in [2.24, 2.45) is 0 Å². The second-order valence-electron chi connectivity index (χ2n) is 5.36. The van der Waals surface area contributed by atoms with Gasteiger partial charge in [0.2, 0.25) is 0 Å².